The molecule has 0 amide bonds. The van der Waals surface area contributed by atoms with Crippen LogP contribution in [-0.4, -0.2) is 32.5 Å². The van der Waals surface area contributed by atoms with Crippen LogP contribution in [0.2, 0.25) is 0 Å². The first-order valence-electron chi connectivity index (χ1n) is 9.13. The van der Waals surface area contributed by atoms with Crippen LogP contribution in [0, 0.1) is 11.3 Å². The number of ketones is 1. The molecule has 2 aromatic rings. The van der Waals surface area contributed by atoms with E-state index in [-0.39, 0.29) is 11.4 Å². The number of aryl methyl sites for hydroxylation is 1. The number of rotatable bonds is 8. The number of nitrogens with zero attached hydrogens (tertiary/aromatic N) is 2. The van der Waals surface area contributed by atoms with Crippen molar-refractivity contribution < 1.29 is 14.3 Å². The Morgan fingerprint density at radius 2 is 1.71 bits per heavy atom. The number of ether oxygens (including phenoxy) is 1. The summed E-state index contributed by atoms with van der Waals surface area (Å²) in [6.07, 6.45) is 3.44. The number of Topliss-reactive ketones (excluding diaryl/α,β-unsaturated/α-hetero) is 1. The highest BCUT2D eigenvalue weighted by Crippen LogP contribution is 2.15. The molecule has 0 atom stereocenters. The Morgan fingerprint density at radius 3 is 2.25 bits per heavy atom. The van der Waals surface area contributed by atoms with E-state index < -0.39 is 12.6 Å². The molecule has 0 aromatic heterocycles. The van der Waals surface area contributed by atoms with Gasteiger partial charge in [-0.15, -0.1) is 0 Å². The molecule has 2 aromatic carbocycles. The Balaban J connectivity index is 1.99. The standard InChI is InChI=1S/C23H24N2O3/c1-4-5-17-6-10-19(11-7-17)22(26)16-28-23(27)20(15-24)14-18-8-12-21(13-9-18)25(2)3/h6-14H,4-5,16H2,1-3H3/b20-14+. The van der Waals surface area contributed by atoms with Crippen LogP contribution in [0.1, 0.15) is 34.8 Å². The van der Waals surface area contributed by atoms with Gasteiger partial charge in [0.1, 0.15) is 11.6 Å². The molecule has 0 saturated carbocycles. The largest absolute Gasteiger partial charge is 0.453 e. The third kappa shape index (κ3) is 5.82. The Kier molecular flexibility index (Phi) is 7.53. The summed E-state index contributed by atoms with van der Waals surface area (Å²) in [4.78, 5) is 26.3. The molecule has 5 nitrogen and oxygen atoms in total. The number of hydrogen-bond donors (Lipinski definition) is 0. The lowest BCUT2D eigenvalue weighted by molar-refractivity contribution is -0.137. The molecule has 0 radical (unpaired) electrons. The van der Waals surface area contributed by atoms with Gasteiger partial charge in [-0.1, -0.05) is 49.7 Å². The summed E-state index contributed by atoms with van der Waals surface area (Å²) in [5, 5.41) is 9.25. The molecule has 0 aliphatic rings. The lowest BCUT2D eigenvalue weighted by Gasteiger charge is -2.11. The van der Waals surface area contributed by atoms with E-state index in [2.05, 4.69) is 6.92 Å². The van der Waals surface area contributed by atoms with E-state index in [1.165, 1.54) is 6.08 Å². The van der Waals surface area contributed by atoms with Crippen LogP contribution < -0.4 is 4.90 Å². The molecule has 2 rings (SSSR count). The van der Waals surface area contributed by atoms with Crippen LogP contribution >= 0.6 is 0 Å². The fraction of sp³-hybridized carbons (Fsp3) is 0.261. The van der Waals surface area contributed by atoms with Crippen LogP contribution in [0.5, 0.6) is 0 Å². The van der Waals surface area contributed by atoms with Crippen molar-refractivity contribution in [3.05, 3.63) is 70.8 Å². The maximum absolute atomic E-state index is 12.2. The molecule has 0 N–H and O–H groups in total. The van der Waals surface area contributed by atoms with Gasteiger partial charge >= 0.3 is 5.97 Å². The zero-order chi connectivity index (χ0) is 20.5. The number of hydrogen-bond acceptors (Lipinski definition) is 5. The highest BCUT2D eigenvalue weighted by Gasteiger charge is 2.14. The zero-order valence-corrected chi connectivity index (χ0v) is 16.4. The van der Waals surface area contributed by atoms with E-state index in [1.54, 1.807) is 12.1 Å². The number of esters is 1. The Bertz CT molecular complexity index is 889. The second-order valence-electron chi connectivity index (χ2n) is 6.60. The lowest BCUT2D eigenvalue weighted by Crippen LogP contribution is -2.15. The molecule has 144 valence electrons. The summed E-state index contributed by atoms with van der Waals surface area (Å²) in [6.45, 7) is 1.69. The first kappa shape index (κ1) is 20.9. The minimum absolute atomic E-state index is 0.149. The van der Waals surface area contributed by atoms with Gasteiger partial charge in [-0.05, 0) is 35.8 Å². The number of carbonyl (C=O) groups is 2. The maximum Gasteiger partial charge on any atom is 0.349 e. The van der Waals surface area contributed by atoms with Crippen LogP contribution in [-0.2, 0) is 16.0 Å². The van der Waals surface area contributed by atoms with Crippen LogP contribution in [0.3, 0.4) is 0 Å². The van der Waals surface area contributed by atoms with Crippen LogP contribution in [0.15, 0.2) is 54.1 Å². The predicted molar refractivity (Wildman–Crippen MR) is 110 cm³/mol. The fourth-order valence-corrected chi connectivity index (χ4v) is 2.61. The minimum atomic E-state index is -0.810. The fourth-order valence-electron chi connectivity index (χ4n) is 2.61. The molecule has 0 fully saturated rings. The van der Waals surface area contributed by atoms with Gasteiger partial charge in [0.2, 0.25) is 0 Å². The van der Waals surface area contributed by atoms with E-state index >= 15 is 0 Å². The summed E-state index contributed by atoms with van der Waals surface area (Å²) in [5.41, 5.74) is 3.20. The van der Waals surface area contributed by atoms with Gasteiger partial charge in [-0.3, -0.25) is 4.79 Å². The molecular formula is C23H24N2O3. The van der Waals surface area contributed by atoms with Gasteiger partial charge in [0, 0.05) is 25.3 Å². The van der Waals surface area contributed by atoms with E-state index in [9.17, 15) is 14.9 Å². The highest BCUT2D eigenvalue weighted by atomic mass is 16.5. The second kappa shape index (κ2) is 10.1. The molecule has 0 aliphatic carbocycles. The smallest absolute Gasteiger partial charge is 0.349 e. The minimum Gasteiger partial charge on any atom is -0.453 e. The summed E-state index contributed by atoms with van der Waals surface area (Å²) < 4.78 is 5.04. The first-order chi connectivity index (χ1) is 13.4. The Hall–Kier alpha value is -3.39. The number of carbonyl (C=O) groups excluding carboxylic acids is 2. The average molecular weight is 376 g/mol. The van der Waals surface area contributed by atoms with Crippen molar-refractivity contribution in [3.8, 4) is 6.07 Å². The molecule has 0 saturated heterocycles. The van der Waals surface area contributed by atoms with Crippen molar-refractivity contribution in [3.63, 3.8) is 0 Å². The molecule has 0 unspecified atom stereocenters. The SMILES string of the molecule is CCCc1ccc(C(=O)COC(=O)/C(C#N)=C/c2ccc(N(C)C)cc2)cc1. The monoisotopic (exact) mass is 376 g/mol. The van der Waals surface area contributed by atoms with E-state index in [0.29, 0.717) is 11.1 Å². The van der Waals surface area contributed by atoms with Crippen molar-refractivity contribution in [2.24, 2.45) is 0 Å². The third-order valence-corrected chi connectivity index (χ3v) is 4.21. The Labute approximate surface area is 165 Å². The number of benzene rings is 2. The van der Waals surface area contributed by atoms with Crippen LogP contribution in [0.25, 0.3) is 6.08 Å². The third-order valence-electron chi connectivity index (χ3n) is 4.21. The molecule has 28 heavy (non-hydrogen) atoms. The van der Waals surface area contributed by atoms with Gasteiger partial charge in [0.15, 0.2) is 12.4 Å². The molecule has 0 heterocycles. The highest BCUT2D eigenvalue weighted by molar-refractivity contribution is 6.01. The number of nitriles is 1. The van der Waals surface area contributed by atoms with Gasteiger partial charge in [-0.2, -0.15) is 5.26 Å². The predicted octanol–water partition coefficient (Wildman–Crippen LogP) is 4.04. The van der Waals surface area contributed by atoms with Crippen molar-refractivity contribution >= 4 is 23.5 Å². The summed E-state index contributed by atoms with van der Waals surface area (Å²) in [6, 6.07) is 16.5. The Morgan fingerprint density at radius 1 is 1.07 bits per heavy atom. The van der Waals surface area contributed by atoms with E-state index in [1.807, 2.05) is 61.5 Å². The summed E-state index contributed by atoms with van der Waals surface area (Å²) in [5.74, 6) is -1.11. The van der Waals surface area contributed by atoms with Gasteiger partial charge in [-0.25, -0.2) is 4.79 Å². The lowest BCUT2D eigenvalue weighted by atomic mass is 10.1. The van der Waals surface area contributed by atoms with Crippen LogP contribution in [0.4, 0.5) is 5.69 Å². The van der Waals surface area contributed by atoms with Crippen molar-refractivity contribution in [2.75, 3.05) is 25.6 Å². The summed E-state index contributed by atoms with van der Waals surface area (Å²) in [7, 11) is 3.86. The van der Waals surface area contributed by atoms with E-state index in [0.717, 1.165) is 24.1 Å². The molecular weight excluding hydrogens is 352 g/mol. The molecule has 0 bridgehead atoms. The maximum atomic E-state index is 12.2. The first-order valence-corrected chi connectivity index (χ1v) is 9.13. The quantitative estimate of drug-likeness (QED) is 0.301. The van der Waals surface area contributed by atoms with Crippen molar-refractivity contribution in [2.45, 2.75) is 19.8 Å². The normalized spacial score (nSPS) is 10.9. The van der Waals surface area contributed by atoms with Gasteiger partial charge in [0.05, 0.1) is 0 Å². The summed E-state index contributed by atoms with van der Waals surface area (Å²) >= 11 is 0. The molecule has 5 heteroatoms. The second-order valence-corrected chi connectivity index (χ2v) is 6.60. The van der Waals surface area contributed by atoms with Gasteiger partial charge in [0.25, 0.3) is 0 Å². The van der Waals surface area contributed by atoms with E-state index in [4.69, 9.17) is 4.74 Å². The number of anilines is 1. The van der Waals surface area contributed by atoms with Crippen molar-refractivity contribution in [1.29, 1.82) is 5.26 Å². The van der Waals surface area contributed by atoms with Crippen molar-refractivity contribution in [1.82, 2.24) is 0 Å². The molecule has 0 aliphatic heterocycles. The average Bonchev–Trinajstić information content (AvgIpc) is 2.71. The molecule has 0 spiro atoms. The topological polar surface area (TPSA) is 70.4 Å². The van der Waals surface area contributed by atoms with Gasteiger partial charge < -0.3 is 9.64 Å². The zero-order valence-electron chi connectivity index (χ0n) is 16.4.